The molecule has 1 saturated heterocycles. The maximum absolute atomic E-state index is 13.0. The van der Waals surface area contributed by atoms with Crippen molar-refractivity contribution < 1.29 is 4.79 Å². The summed E-state index contributed by atoms with van der Waals surface area (Å²) < 4.78 is 0. The largest absolute Gasteiger partial charge is 0.356 e. The van der Waals surface area contributed by atoms with Gasteiger partial charge in [-0.25, -0.2) is 9.97 Å². The van der Waals surface area contributed by atoms with Gasteiger partial charge in [0.1, 0.15) is 11.6 Å². The maximum Gasteiger partial charge on any atom is 0.169 e. The zero-order valence-corrected chi connectivity index (χ0v) is 14.7. The van der Waals surface area contributed by atoms with Crippen LogP contribution in [0, 0.1) is 12.3 Å². The second-order valence-electron chi connectivity index (χ2n) is 7.90. The molecular weight excluding hydrogens is 310 g/mol. The minimum atomic E-state index is -0.179. The molecule has 2 aliphatic carbocycles. The lowest BCUT2D eigenvalue weighted by atomic mass is 9.75. The van der Waals surface area contributed by atoms with Gasteiger partial charge in [0.25, 0.3) is 0 Å². The molecule has 1 aliphatic heterocycles. The Kier molecular flexibility index (Phi) is 3.24. The summed E-state index contributed by atoms with van der Waals surface area (Å²) >= 11 is 0. The molecule has 1 aromatic carbocycles. The van der Waals surface area contributed by atoms with Crippen LogP contribution < -0.4 is 4.90 Å². The van der Waals surface area contributed by atoms with Crippen molar-refractivity contribution in [1.29, 1.82) is 0 Å². The van der Waals surface area contributed by atoms with Gasteiger partial charge in [0.2, 0.25) is 0 Å². The Morgan fingerprint density at radius 2 is 1.88 bits per heavy atom. The number of aryl methyl sites for hydroxylation is 1. The van der Waals surface area contributed by atoms with Crippen molar-refractivity contribution in [1.82, 2.24) is 9.97 Å². The van der Waals surface area contributed by atoms with E-state index in [0.717, 1.165) is 49.6 Å². The average molecular weight is 333 g/mol. The highest BCUT2D eigenvalue weighted by Gasteiger charge is 2.47. The quantitative estimate of drug-likeness (QED) is 0.841. The first-order valence-corrected chi connectivity index (χ1v) is 9.38. The molecule has 0 N–H and O–H groups in total. The molecule has 5 rings (SSSR count). The van der Waals surface area contributed by atoms with Crippen LogP contribution in [-0.2, 0) is 6.42 Å². The third kappa shape index (κ3) is 2.46. The molecule has 3 aliphatic rings. The lowest BCUT2D eigenvalue weighted by Gasteiger charge is -2.38. The predicted octanol–water partition coefficient (Wildman–Crippen LogP) is 3.69. The third-order valence-electron chi connectivity index (χ3n) is 6.16. The topological polar surface area (TPSA) is 46.1 Å². The van der Waals surface area contributed by atoms with Crippen LogP contribution in [0.25, 0.3) is 0 Å². The standard InChI is InChI=1S/C21H23N3O/c1-14-22-18(15-6-7-15)12-19(23-14)24-10-8-21(9-11-24)13-16-4-2-3-5-17(16)20(21)25/h2-5,12,15H,6-11,13H2,1H3. The monoisotopic (exact) mass is 333 g/mol. The van der Waals surface area contributed by atoms with Crippen molar-refractivity contribution in [3.8, 4) is 0 Å². The number of aromatic nitrogens is 2. The molecule has 0 amide bonds. The fraction of sp³-hybridized carbons (Fsp3) is 0.476. The summed E-state index contributed by atoms with van der Waals surface area (Å²) in [6, 6.07) is 10.3. The van der Waals surface area contributed by atoms with E-state index in [2.05, 4.69) is 27.0 Å². The number of hydrogen-bond donors (Lipinski definition) is 0. The molecule has 128 valence electrons. The van der Waals surface area contributed by atoms with E-state index >= 15 is 0 Å². The lowest BCUT2D eigenvalue weighted by molar-refractivity contribution is 0.0774. The summed E-state index contributed by atoms with van der Waals surface area (Å²) in [5, 5.41) is 0. The molecule has 2 fully saturated rings. The second kappa shape index (κ2) is 5.38. The normalized spacial score (nSPS) is 21.6. The summed E-state index contributed by atoms with van der Waals surface area (Å²) in [6.45, 7) is 3.79. The van der Waals surface area contributed by atoms with Crippen LogP contribution in [0.5, 0.6) is 0 Å². The molecule has 2 heterocycles. The molecular formula is C21H23N3O. The molecule has 1 aromatic heterocycles. The van der Waals surface area contributed by atoms with Crippen molar-refractivity contribution in [2.24, 2.45) is 5.41 Å². The maximum atomic E-state index is 13.0. The second-order valence-corrected chi connectivity index (χ2v) is 7.90. The molecule has 1 saturated carbocycles. The Bertz CT molecular complexity index is 848. The van der Waals surface area contributed by atoms with E-state index in [9.17, 15) is 4.79 Å². The number of nitrogens with zero attached hydrogens (tertiary/aromatic N) is 3. The molecule has 25 heavy (non-hydrogen) atoms. The number of piperidine rings is 1. The Morgan fingerprint density at radius 1 is 1.12 bits per heavy atom. The summed E-state index contributed by atoms with van der Waals surface area (Å²) in [5.74, 6) is 2.92. The van der Waals surface area contributed by atoms with Crippen molar-refractivity contribution in [2.75, 3.05) is 18.0 Å². The summed E-state index contributed by atoms with van der Waals surface area (Å²) in [7, 11) is 0. The molecule has 0 bridgehead atoms. The lowest BCUT2D eigenvalue weighted by Crippen LogP contribution is -2.43. The molecule has 1 spiro atoms. The van der Waals surface area contributed by atoms with Crippen molar-refractivity contribution in [3.05, 3.63) is 53.0 Å². The summed E-state index contributed by atoms with van der Waals surface area (Å²) in [6.07, 6.45) is 5.26. The van der Waals surface area contributed by atoms with E-state index in [0.29, 0.717) is 11.7 Å². The first-order valence-electron chi connectivity index (χ1n) is 9.38. The van der Waals surface area contributed by atoms with Gasteiger partial charge in [-0.1, -0.05) is 24.3 Å². The van der Waals surface area contributed by atoms with Crippen molar-refractivity contribution in [2.45, 2.75) is 44.9 Å². The third-order valence-corrected chi connectivity index (χ3v) is 6.16. The van der Waals surface area contributed by atoms with E-state index in [1.165, 1.54) is 24.1 Å². The highest BCUT2D eigenvalue weighted by Crippen LogP contribution is 2.45. The Balaban J connectivity index is 1.36. The van der Waals surface area contributed by atoms with Gasteiger partial charge in [0, 0.05) is 41.7 Å². The number of carbonyl (C=O) groups is 1. The van der Waals surface area contributed by atoms with Crippen molar-refractivity contribution in [3.63, 3.8) is 0 Å². The van der Waals surface area contributed by atoms with Gasteiger partial charge >= 0.3 is 0 Å². The molecule has 4 heteroatoms. The Hall–Kier alpha value is -2.23. The molecule has 0 atom stereocenters. The number of ketones is 1. The summed E-state index contributed by atoms with van der Waals surface area (Å²) in [4.78, 5) is 24.6. The highest BCUT2D eigenvalue weighted by molar-refractivity contribution is 6.05. The minimum absolute atomic E-state index is 0.179. The zero-order chi connectivity index (χ0) is 17.0. The minimum Gasteiger partial charge on any atom is -0.356 e. The van der Waals surface area contributed by atoms with Crippen molar-refractivity contribution >= 4 is 11.6 Å². The molecule has 0 unspecified atom stereocenters. The van der Waals surface area contributed by atoms with Crippen LogP contribution in [0.3, 0.4) is 0 Å². The average Bonchev–Trinajstić information content (AvgIpc) is 3.43. The number of fused-ring (bicyclic) bond motifs is 1. The molecule has 0 radical (unpaired) electrons. The number of benzene rings is 1. The van der Waals surface area contributed by atoms with E-state index in [1.54, 1.807) is 0 Å². The van der Waals surface area contributed by atoms with Gasteiger partial charge in [-0.3, -0.25) is 4.79 Å². The predicted molar refractivity (Wildman–Crippen MR) is 97.1 cm³/mol. The SMILES string of the molecule is Cc1nc(C2CC2)cc(N2CCC3(CC2)Cc2ccccc2C3=O)n1. The van der Waals surface area contributed by atoms with Crippen LogP contribution in [0.15, 0.2) is 30.3 Å². The smallest absolute Gasteiger partial charge is 0.169 e. The first-order chi connectivity index (χ1) is 12.1. The van der Waals surface area contributed by atoms with E-state index in [-0.39, 0.29) is 5.41 Å². The van der Waals surface area contributed by atoms with Gasteiger partial charge in [0.15, 0.2) is 5.78 Å². The van der Waals surface area contributed by atoms with E-state index in [1.807, 2.05) is 25.1 Å². The van der Waals surface area contributed by atoms with Crippen LogP contribution in [0.4, 0.5) is 5.82 Å². The van der Waals surface area contributed by atoms with Crippen LogP contribution in [0.1, 0.15) is 59.0 Å². The first kappa shape index (κ1) is 15.1. The van der Waals surface area contributed by atoms with Gasteiger partial charge in [-0.2, -0.15) is 0 Å². The fourth-order valence-corrected chi connectivity index (χ4v) is 4.52. The number of carbonyl (C=O) groups excluding carboxylic acids is 1. The van der Waals surface area contributed by atoms with Gasteiger partial charge in [0.05, 0.1) is 0 Å². The van der Waals surface area contributed by atoms with Crippen LogP contribution in [0.2, 0.25) is 0 Å². The van der Waals surface area contributed by atoms with Gasteiger partial charge in [-0.15, -0.1) is 0 Å². The molecule has 2 aromatic rings. The Morgan fingerprint density at radius 3 is 2.60 bits per heavy atom. The highest BCUT2D eigenvalue weighted by atomic mass is 16.1. The summed E-state index contributed by atoms with van der Waals surface area (Å²) in [5.41, 5.74) is 3.20. The molecule has 4 nitrogen and oxygen atoms in total. The fourth-order valence-electron chi connectivity index (χ4n) is 4.52. The van der Waals surface area contributed by atoms with Crippen LogP contribution >= 0.6 is 0 Å². The number of rotatable bonds is 2. The van der Waals surface area contributed by atoms with Crippen LogP contribution in [-0.4, -0.2) is 28.8 Å². The number of Topliss-reactive ketones (excluding diaryl/α,β-unsaturated/α-hetero) is 1. The number of anilines is 1. The van der Waals surface area contributed by atoms with Gasteiger partial charge in [-0.05, 0) is 44.6 Å². The van der Waals surface area contributed by atoms with Gasteiger partial charge < -0.3 is 4.90 Å². The van der Waals surface area contributed by atoms with E-state index in [4.69, 9.17) is 0 Å². The number of hydrogen-bond acceptors (Lipinski definition) is 4. The zero-order valence-electron chi connectivity index (χ0n) is 14.7. The van der Waals surface area contributed by atoms with E-state index < -0.39 is 0 Å². The Labute approximate surface area is 148 Å².